The molecule has 1 aromatic rings. The summed E-state index contributed by atoms with van der Waals surface area (Å²) in [4.78, 5) is 36.1. The van der Waals surface area contributed by atoms with E-state index in [0.717, 1.165) is 23.3 Å². The minimum absolute atomic E-state index is 0.302. The molecule has 0 bridgehead atoms. The molecule has 1 fully saturated rings. The van der Waals surface area contributed by atoms with Crippen molar-refractivity contribution in [2.24, 2.45) is 17.6 Å². The number of rotatable bonds is 4. The molecule has 0 spiro atoms. The molecule has 2 rings (SSSR count). The molecular formula is C15H19N2O4S-. The Kier molecular flexibility index (Phi) is 4.85. The maximum absolute atomic E-state index is 12.4. The summed E-state index contributed by atoms with van der Waals surface area (Å²) in [6.45, 7) is 3.61. The molecule has 1 aliphatic carbocycles. The smallest absolute Gasteiger partial charge is 0.251 e. The number of carbonyl (C=O) groups excluding carboxylic acids is 3. The number of anilines is 1. The van der Waals surface area contributed by atoms with Crippen LogP contribution in [-0.4, -0.2) is 17.8 Å². The highest BCUT2D eigenvalue weighted by Gasteiger charge is 2.32. The second-order valence-electron chi connectivity index (χ2n) is 5.66. The van der Waals surface area contributed by atoms with Gasteiger partial charge in [-0.3, -0.25) is 9.59 Å². The fraction of sp³-hybridized carbons (Fsp3) is 0.533. The molecule has 2 amide bonds. The number of amides is 2. The number of thiophene rings is 1. The molecule has 0 radical (unpaired) electrons. The van der Waals surface area contributed by atoms with Crippen LogP contribution in [0.2, 0.25) is 0 Å². The largest absolute Gasteiger partial charge is 0.550 e. The number of hydrogen-bond donors (Lipinski definition) is 2. The van der Waals surface area contributed by atoms with E-state index in [1.807, 2.05) is 6.92 Å². The summed E-state index contributed by atoms with van der Waals surface area (Å²) < 4.78 is 0. The Hall–Kier alpha value is -1.89. The van der Waals surface area contributed by atoms with Crippen LogP contribution >= 0.6 is 11.3 Å². The lowest BCUT2D eigenvalue weighted by atomic mass is 9.79. The normalized spacial score (nSPS) is 21.4. The summed E-state index contributed by atoms with van der Waals surface area (Å²) in [5.74, 6) is -3.56. The summed E-state index contributed by atoms with van der Waals surface area (Å²) in [5.41, 5.74) is 6.42. The molecule has 6 nitrogen and oxygen atoms in total. The van der Waals surface area contributed by atoms with Gasteiger partial charge in [-0.05, 0) is 32.3 Å². The van der Waals surface area contributed by atoms with Crippen molar-refractivity contribution in [2.75, 3.05) is 5.32 Å². The summed E-state index contributed by atoms with van der Waals surface area (Å²) in [5, 5.41) is 14.3. The molecule has 1 aromatic heterocycles. The van der Waals surface area contributed by atoms with E-state index < -0.39 is 23.7 Å². The number of hydrogen-bond acceptors (Lipinski definition) is 5. The van der Waals surface area contributed by atoms with Gasteiger partial charge in [-0.1, -0.05) is 12.8 Å². The van der Waals surface area contributed by atoms with Crippen molar-refractivity contribution in [3.8, 4) is 0 Å². The summed E-state index contributed by atoms with van der Waals surface area (Å²) >= 11 is 1.28. The van der Waals surface area contributed by atoms with Crippen LogP contribution in [0.4, 0.5) is 5.00 Å². The van der Waals surface area contributed by atoms with Crippen LogP contribution < -0.4 is 16.2 Å². The molecule has 0 unspecified atom stereocenters. The van der Waals surface area contributed by atoms with Gasteiger partial charge >= 0.3 is 0 Å². The first-order valence-electron chi connectivity index (χ1n) is 7.24. The van der Waals surface area contributed by atoms with E-state index in [2.05, 4.69) is 5.32 Å². The first kappa shape index (κ1) is 16.5. The van der Waals surface area contributed by atoms with Gasteiger partial charge in [0, 0.05) is 22.7 Å². The van der Waals surface area contributed by atoms with Crippen LogP contribution in [0.3, 0.4) is 0 Å². The second-order valence-corrected chi connectivity index (χ2v) is 6.88. The molecule has 0 saturated heterocycles. The third-order valence-corrected chi connectivity index (χ3v) is 5.40. The summed E-state index contributed by atoms with van der Waals surface area (Å²) in [6.07, 6.45) is 2.56. The van der Waals surface area contributed by atoms with E-state index in [1.54, 1.807) is 6.92 Å². The van der Waals surface area contributed by atoms with E-state index in [-0.39, 0.29) is 5.91 Å². The summed E-state index contributed by atoms with van der Waals surface area (Å²) in [6, 6.07) is 0. The van der Waals surface area contributed by atoms with Crippen molar-refractivity contribution in [1.82, 2.24) is 0 Å². The Labute approximate surface area is 132 Å². The zero-order valence-electron chi connectivity index (χ0n) is 12.6. The van der Waals surface area contributed by atoms with Crippen LogP contribution in [0.15, 0.2) is 0 Å². The number of carboxylic acid groups (broad SMARTS) is 1. The average Bonchev–Trinajstić information content (AvgIpc) is 2.73. The lowest BCUT2D eigenvalue weighted by Gasteiger charge is -2.31. The number of aryl methyl sites for hydroxylation is 1. The number of primary amides is 1. The van der Waals surface area contributed by atoms with Crippen LogP contribution in [0.1, 0.15) is 46.5 Å². The highest BCUT2D eigenvalue weighted by molar-refractivity contribution is 7.16. The van der Waals surface area contributed by atoms with Crippen LogP contribution in [0.25, 0.3) is 0 Å². The maximum atomic E-state index is 12.4. The first-order chi connectivity index (χ1) is 10.3. The van der Waals surface area contributed by atoms with Crippen LogP contribution in [0.5, 0.6) is 0 Å². The van der Waals surface area contributed by atoms with Gasteiger partial charge in [0.05, 0.1) is 5.56 Å². The van der Waals surface area contributed by atoms with Gasteiger partial charge < -0.3 is 21.0 Å². The lowest BCUT2D eigenvalue weighted by molar-refractivity contribution is -0.313. The van der Waals surface area contributed by atoms with E-state index in [4.69, 9.17) is 5.73 Å². The summed E-state index contributed by atoms with van der Waals surface area (Å²) in [7, 11) is 0. The molecule has 120 valence electrons. The van der Waals surface area contributed by atoms with Gasteiger partial charge in [0.15, 0.2) is 0 Å². The van der Waals surface area contributed by atoms with Crippen molar-refractivity contribution < 1.29 is 19.5 Å². The Morgan fingerprint density at radius 1 is 1.18 bits per heavy atom. The minimum Gasteiger partial charge on any atom is -0.550 e. The van der Waals surface area contributed by atoms with E-state index in [9.17, 15) is 19.5 Å². The van der Waals surface area contributed by atoms with E-state index >= 15 is 0 Å². The minimum atomic E-state index is -1.19. The van der Waals surface area contributed by atoms with Crippen molar-refractivity contribution >= 4 is 34.1 Å². The number of aliphatic carboxylic acids is 1. The SMILES string of the molecule is Cc1sc(NC(=O)[C@@H]2CCCC[C@H]2C(=O)[O-])c(C(N)=O)c1C. The van der Waals surface area contributed by atoms with Crippen molar-refractivity contribution in [3.63, 3.8) is 0 Å². The van der Waals surface area contributed by atoms with Crippen molar-refractivity contribution in [3.05, 3.63) is 16.0 Å². The molecular weight excluding hydrogens is 304 g/mol. The fourth-order valence-electron chi connectivity index (χ4n) is 2.94. The lowest BCUT2D eigenvalue weighted by Crippen LogP contribution is -2.42. The van der Waals surface area contributed by atoms with Gasteiger partial charge in [0.25, 0.3) is 5.91 Å². The molecule has 22 heavy (non-hydrogen) atoms. The predicted molar refractivity (Wildman–Crippen MR) is 81.4 cm³/mol. The highest BCUT2D eigenvalue weighted by atomic mass is 32.1. The Morgan fingerprint density at radius 3 is 2.32 bits per heavy atom. The molecule has 7 heteroatoms. The zero-order valence-corrected chi connectivity index (χ0v) is 13.4. The fourth-order valence-corrected chi connectivity index (χ4v) is 4.01. The van der Waals surface area contributed by atoms with E-state index in [1.165, 1.54) is 11.3 Å². The Morgan fingerprint density at radius 2 is 1.77 bits per heavy atom. The third-order valence-electron chi connectivity index (χ3n) is 4.27. The molecule has 3 N–H and O–H groups in total. The maximum Gasteiger partial charge on any atom is 0.251 e. The quantitative estimate of drug-likeness (QED) is 0.859. The second kappa shape index (κ2) is 6.48. The van der Waals surface area contributed by atoms with Gasteiger partial charge in [0.1, 0.15) is 5.00 Å². The number of carbonyl (C=O) groups is 3. The molecule has 1 heterocycles. The molecule has 1 aliphatic rings. The molecule has 2 atom stereocenters. The van der Waals surface area contributed by atoms with Crippen LogP contribution in [0, 0.1) is 25.7 Å². The van der Waals surface area contributed by atoms with Gasteiger partial charge in [-0.2, -0.15) is 0 Å². The van der Waals surface area contributed by atoms with Crippen LogP contribution in [-0.2, 0) is 9.59 Å². The van der Waals surface area contributed by atoms with Crippen molar-refractivity contribution in [2.45, 2.75) is 39.5 Å². The van der Waals surface area contributed by atoms with E-state index in [0.29, 0.717) is 23.4 Å². The topological polar surface area (TPSA) is 112 Å². The third kappa shape index (κ3) is 3.14. The van der Waals surface area contributed by atoms with Gasteiger partial charge in [-0.25, -0.2) is 0 Å². The van der Waals surface area contributed by atoms with Gasteiger partial charge in [-0.15, -0.1) is 11.3 Å². The predicted octanol–water partition coefficient (Wildman–Crippen LogP) is 0.959. The van der Waals surface area contributed by atoms with Gasteiger partial charge in [0.2, 0.25) is 5.91 Å². The molecule has 0 aliphatic heterocycles. The number of nitrogens with two attached hydrogens (primary N) is 1. The standard InChI is InChI=1S/C15H20N2O4S/c1-7-8(2)22-14(11(7)12(16)18)17-13(19)9-5-3-4-6-10(9)15(20)21/h9-10H,3-6H2,1-2H3,(H2,16,18)(H,17,19)(H,20,21)/p-1/t9-,10-/m1/s1. The Balaban J connectivity index is 2.23. The zero-order chi connectivity index (χ0) is 16.4. The Bertz CT molecular complexity index is 623. The first-order valence-corrected chi connectivity index (χ1v) is 8.06. The number of nitrogens with one attached hydrogen (secondary N) is 1. The monoisotopic (exact) mass is 323 g/mol. The average molecular weight is 323 g/mol. The molecule has 1 saturated carbocycles. The number of carboxylic acids is 1. The van der Waals surface area contributed by atoms with Crippen molar-refractivity contribution in [1.29, 1.82) is 0 Å². The highest BCUT2D eigenvalue weighted by Crippen LogP contribution is 2.35. The molecule has 0 aromatic carbocycles.